The summed E-state index contributed by atoms with van der Waals surface area (Å²) in [4.78, 5) is 32.7. The molecule has 3 aromatic rings. The van der Waals surface area contributed by atoms with E-state index in [1.54, 1.807) is 0 Å². The monoisotopic (exact) mass is 438 g/mol. The van der Waals surface area contributed by atoms with Gasteiger partial charge in [-0.1, -0.05) is 36.6 Å². The van der Waals surface area contributed by atoms with Gasteiger partial charge in [-0.3, -0.25) is 9.59 Å². The fraction of sp³-hybridized carbons (Fsp3) is 0.375. The van der Waals surface area contributed by atoms with Gasteiger partial charge in [0.2, 0.25) is 11.8 Å². The van der Waals surface area contributed by atoms with Crippen LogP contribution < -0.4 is 10.6 Å². The Morgan fingerprint density at radius 1 is 1.16 bits per heavy atom. The van der Waals surface area contributed by atoms with Crippen LogP contribution in [-0.4, -0.2) is 21.8 Å². The quantitative estimate of drug-likeness (QED) is 0.503. The van der Waals surface area contributed by atoms with E-state index in [1.165, 1.54) is 6.92 Å². The zero-order valence-corrected chi connectivity index (χ0v) is 18.5. The number of nitrogens with one attached hydrogen (secondary N) is 3. The Morgan fingerprint density at radius 3 is 2.77 bits per heavy atom. The highest BCUT2D eigenvalue weighted by molar-refractivity contribution is 6.31. The van der Waals surface area contributed by atoms with Crippen LogP contribution in [0, 0.1) is 5.92 Å². The van der Waals surface area contributed by atoms with Crippen molar-refractivity contribution in [3.05, 3.63) is 58.9 Å². The van der Waals surface area contributed by atoms with Gasteiger partial charge in [0.25, 0.3) is 0 Å². The highest BCUT2D eigenvalue weighted by atomic mass is 35.5. The standard InChI is InChI=1S/C24H27ClN4O2/c1-14(16-6-5-7-18(12-16)27-15(2)30)26-24(31)20-9-4-3-8-19(20)23-28-21-11-10-17(25)13-22(21)29-23/h5-7,10-14,19-20H,3-4,8-9H2,1-2H3,(H,26,31)(H,27,30)(H,28,29)/t14-,19+,20-/m0/s1. The van der Waals surface area contributed by atoms with E-state index >= 15 is 0 Å². The molecule has 1 aliphatic carbocycles. The molecule has 0 saturated heterocycles. The molecule has 0 aliphatic heterocycles. The summed E-state index contributed by atoms with van der Waals surface area (Å²) in [5.41, 5.74) is 3.44. The molecule has 1 fully saturated rings. The predicted octanol–water partition coefficient (Wildman–Crippen LogP) is 5.33. The Morgan fingerprint density at radius 2 is 1.97 bits per heavy atom. The zero-order chi connectivity index (χ0) is 22.0. The van der Waals surface area contributed by atoms with Gasteiger partial charge in [-0.05, 0) is 55.7 Å². The SMILES string of the molecule is CC(=O)Nc1cccc([C@H](C)NC(=O)[C@H]2CCCC[C@H]2c2nc3ccc(Cl)cc3[nH]2)c1. The van der Waals surface area contributed by atoms with Crippen molar-refractivity contribution >= 4 is 40.1 Å². The van der Waals surface area contributed by atoms with E-state index in [0.717, 1.165) is 53.8 Å². The lowest BCUT2D eigenvalue weighted by atomic mass is 9.78. The first-order valence-electron chi connectivity index (χ1n) is 10.7. The molecule has 4 rings (SSSR count). The summed E-state index contributed by atoms with van der Waals surface area (Å²) in [5, 5.41) is 6.63. The number of carbonyl (C=O) groups excluding carboxylic acids is 2. The molecule has 6 nitrogen and oxygen atoms in total. The molecule has 3 atom stereocenters. The summed E-state index contributed by atoms with van der Waals surface area (Å²) in [5.74, 6) is 0.702. The molecule has 2 aromatic carbocycles. The normalized spacial score (nSPS) is 19.7. The third-order valence-electron chi connectivity index (χ3n) is 5.98. The third kappa shape index (κ3) is 4.90. The molecule has 0 radical (unpaired) electrons. The van der Waals surface area contributed by atoms with Gasteiger partial charge in [-0.15, -0.1) is 0 Å². The van der Waals surface area contributed by atoms with E-state index in [-0.39, 0.29) is 29.7 Å². The maximum absolute atomic E-state index is 13.3. The molecule has 2 amide bonds. The Balaban J connectivity index is 1.51. The number of rotatable bonds is 5. The van der Waals surface area contributed by atoms with Gasteiger partial charge >= 0.3 is 0 Å². The summed E-state index contributed by atoms with van der Waals surface area (Å²) in [6, 6.07) is 13.0. The number of fused-ring (bicyclic) bond motifs is 1. The first kappa shape index (κ1) is 21.4. The average molecular weight is 439 g/mol. The zero-order valence-electron chi connectivity index (χ0n) is 17.7. The molecule has 7 heteroatoms. The second-order valence-electron chi connectivity index (χ2n) is 8.32. The van der Waals surface area contributed by atoms with Gasteiger partial charge in [0, 0.05) is 29.5 Å². The molecule has 0 unspecified atom stereocenters. The van der Waals surface area contributed by atoms with Gasteiger partial charge in [-0.2, -0.15) is 0 Å². The Kier molecular flexibility index (Phi) is 6.28. The molecule has 3 N–H and O–H groups in total. The van der Waals surface area contributed by atoms with Crippen LogP contribution in [-0.2, 0) is 9.59 Å². The lowest BCUT2D eigenvalue weighted by Gasteiger charge is -2.30. The van der Waals surface area contributed by atoms with Gasteiger partial charge in [0.05, 0.1) is 17.1 Å². The number of aromatic nitrogens is 2. The number of benzene rings is 2. The number of halogens is 1. The molecule has 162 valence electrons. The van der Waals surface area contributed by atoms with Gasteiger partial charge in [-0.25, -0.2) is 4.98 Å². The Bertz CT molecular complexity index is 1110. The number of hydrogen-bond acceptors (Lipinski definition) is 3. The summed E-state index contributed by atoms with van der Waals surface area (Å²) < 4.78 is 0. The number of nitrogens with zero attached hydrogens (tertiary/aromatic N) is 1. The molecule has 0 spiro atoms. The van der Waals surface area contributed by atoms with Crippen LogP contribution in [0.25, 0.3) is 11.0 Å². The number of H-pyrrole nitrogens is 1. The van der Waals surface area contributed by atoms with Gasteiger partial charge < -0.3 is 15.6 Å². The molecular weight excluding hydrogens is 412 g/mol. The average Bonchev–Trinajstić information content (AvgIpc) is 3.16. The largest absolute Gasteiger partial charge is 0.349 e. The number of hydrogen-bond donors (Lipinski definition) is 3. The van der Waals surface area contributed by atoms with Crippen molar-refractivity contribution in [1.82, 2.24) is 15.3 Å². The first-order chi connectivity index (χ1) is 14.9. The van der Waals surface area contributed by atoms with Crippen LogP contribution in [0.1, 0.15) is 62.9 Å². The summed E-state index contributed by atoms with van der Waals surface area (Å²) in [6.07, 6.45) is 3.89. The third-order valence-corrected chi connectivity index (χ3v) is 6.22. The summed E-state index contributed by atoms with van der Waals surface area (Å²) in [6.45, 7) is 3.44. The molecule has 1 saturated carbocycles. The van der Waals surface area contributed by atoms with Gasteiger partial charge in [0.15, 0.2) is 0 Å². The number of carbonyl (C=O) groups is 2. The van der Waals surface area contributed by atoms with Crippen LogP contribution in [0.5, 0.6) is 0 Å². The topological polar surface area (TPSA) is 86.9 Å². The molecule has 31 heavy (non-hydrogen) atoms. The van der Waals surface area contributed by atoms with E-state index in [4.69, 9.17) is 16.6 Å². The number of imidazole rings is 1. The van der Waals surface area contributed by atoms with Crippen LogP contribution in [0.15, 0.2) is 42.5 Å². The molecule has 1 aliphatic rings. The number of aromatic amines is 1. The summed E-state index contributed by atoms with van der Waals surface area (Å²) in [7, 11) is 0. The fourth-order valence-electron chi connectivity index (χ4n) is 4.44. The lowest BCUT2D eigenvalue weighted by molar-refractivity contribution is -0.127. The fourth-order valence-corrected chi connectivity index (χ4v) is 4.61. The first-order valence-corrected chi connectivity index (χ1v) is 11.1. The predicted molar refractivity (Wildman–Crippen MR) is 123 cm³/mol. The van der Waals surface area contributed by atoms with Crippen molar-refractivity contribution in [2.75, 3.05) is 5.32 Å². The van der Waals surface area contributed by atoms with Crippen molar-refractivity contribution in [3.8, 4) is 0 Å². The molecular formula is C24H27ClN4O2. The smallest absolute Gasteiger partial charge is 0.224 e. The van der Waals surface area contributed by atoms with E-state index in [9.17, 15) is 9.59 Å². The van der Waals surface area contributed by atoms with E-state index in [2.05, 4.69) is 15.6 Å². The van der Waals surface area contributed by atoms with Crippen LogP contribution in [0.4, 0.5) is 5.69 Å². The summed E-state index contributed by atoms with van der Waals surface area (Å²) >= 11 is 6.11. The minimum Gasteiger partial charge on any atom is -0.349 e. The van der Waals surface area contributed by atoms with E-state index in [1.807, 2.05) is 49.4 Å². The van der Waals surface area contributed by atoms with Crippen molar-refractivity contribution in [3.63, 3.8) is 0 Å². The minimum absolute atomic E-state index is 0.0422. The Hall–Kier alpha value is -2.86. The van der Waals surface area contributed by atoms with Crippen molar-refractivity contribution < 1.29 is 9.59 Å². The van der Waals surface area contributed by atoms with E-state index in [0.29, 0.717) is 5.02 Å². The second-order valence-corrected chi connectivity index (χ2v) is 8.75. The second kappa shape index (κ2) is 9.10. The van der Waals surface area contributed by atoms with E-state index < -0.39 is 0 Å². The van der Waals surface area contributed by atoms with Crippen molar-refractivity contribution in [1.29, 1.82) is 0 Å². The maximum Gasteiger partial charge on any atom is 0.224 e. The maximum atomic E-state index is 13.3. The number of anilines is 1. The van der Waals surface area contributed by atoms with Crippen molar-refractivity contribution in [2.45, 2.75) is 51.5 Å². The molecule has 0 bridgehead atoms. The number of amides is 2. The van der Waals surface area contributed by atoms with Gasteiger partial charge in [0.1, 0.15) is 5.82 Å². The lowest BCUT2D eigenvalue weighted by Crippen LogP contribution is -2.37. The minimum atomic E-state index is -0.168. The van der Waals surface area contributed by atoms with Crippen LogP contribution in [0.2, 0.25) is 5.02 Å². The highest BCUT2D eigenvalue weighted by Crippen LogP contribution is 2.38. The van der Waals surface area contributed by atoms with Crippen LogP contribution >= 0.6 is 11.6 Å². The molecule has 1 heterocycles. The molecule has 1 aromatic heterocycles. The Labute approximate surface area is 186 Å². The highest BCUT2D eigenvalue weighted by Gasteiger charge is 2.34. The van der Waals surface area contributed by atoms with Crippen LogP contribution in [0.3, 0.4) is 0 Å². The van der Waals surface area contributed by atoms with Crippen molar-refractivity contribution in [2.24, 2.45) is 5.92 Å².